The Morgan fingerprint density at radius 2 is 2.00 bits per heavy atom. The maximum atomic E-state index is 6.21. The number of allylic oxidation sites excluding steroid dienone is 3. The molecule has 0 spiro atoms. The van der Waals surface area contributed by atoms with Gasteiger partial charge in [-0.1, -0.05) is 31.7 Å². The summed E-state index contributed by atoms with van der Waals surface area (Å²) in [6, 6.07) is 0. The SMILES string of the molecule is C/C=C/CC.C=CC=N. The zero-order valence-electron chi connectivity index (χ0n) is 6.22. The van der Waals surface area contributed by atoms with Crippen LogP contribution in [-0.4, -0.2) is 6.21 Å². The van der Waals surface area contributed by atoms with Crippen molar-refractivity contribution in [3.63, 3.8) is 0 Å². The molecule has 0 bridgehead atoms. The van der Waals surface area contributed by atoms with Gasteiger partial charge in [0.15, 0.2) is 0 Å². The molecule has 0 saturated heterocycles. The van der Waals surface area contributed by atoms with Gasteiger partial charge in [0.25, 0.3) is 0 Å². The van der Waals surface area contributed by atoms with Crippen LogP contribution in [0.4, 0.5) is 0 Å². The van der Waals surface area contributed by atoms with Crippen molar-refractivity contribution in [2.45, 2.75) is 20.3 Å². The molecule has 0 amide bonds. The molecule has 1 nitrogen and oxygen atoms in total. The van der Waals surface area contributed by atoms with E-state index in [9.17, 15) is 0 Å². The Morgan fingerprint density at radius 1 is 1.56 bits per heavy atom. The number of nitrogens with one attached hydrogen (secondary N) is 1. The number of rotatable bonds is 2. The van der Waals surface area contributed by atoms with Crippen LogP contribution >= 0.6 is 0 Å². The number of hydrogen-bond donors (Lipinski definition) is 1. The highest BCUT2D eigenvalue weighted by Gasteiger charge is 1.52. The maximum absolute atomic E-state index is 6.21. The summed E-state index contributed by atoms with van der Waals surface area (Å²) in [7, 11) is 0. The summed E-state index contributed by atoms with van der Waals surface area (Å²) in [4.78, 5) is 0. The van der Waals surface area contributed by atoms with Crippen molar-refractivity contribution in [1.82, 2.24) is 0 Å². The summed E-state index contributed by atoms with van der Waals surface area (Å²) >= 11 is 0. The topological polar surface area (TPSA) is 23.9 Å². The van der Waals surface area contributed by atoms with Crippen LogP contribution in [-0.2, 0) is 0 Å². The van der Waals surface area contributed by atoms with Gasteiger partial charge in [-0.3, -0.25) is 0 Å². The molecule has 0 aliphatic heterocycles. The summed E-state index contributed by atoms with van der Waals surface area (Å²) in [5, 5.41) is 6.21. The van der Waals surface area contributed by atoms with Crippen LogP contribution in [0.15, 0.2) is 24.8 Å². The Hall–Kier alpha value is -0.850. The summed E-state index contributed by atoms with van der Waals surface area (Å²) in [6.07, 6.45) is 7.90. The Bertz CT molecular complexity index is 76.6. The molecule has 0 aromatic heterocycles. The third kappa shape index (κ3) is 41.0. The molecule has 0 atom stereocenters. The Balaban J connectivity index is 0. The molecule has 0 aromatic carbocycles. The molecule has 0 unspecified atom stereocenters. The minimum atomic E-state index is 1.14. The largest absolute Gasteiger partial charge is 0.309 e. The molecule has 0 rings (SSSR count). The van der Waals surface area contributed by atoms with Crippen LogP contribution < -0.4 is 0 Å². The zero-order valence-corrected chi connectivity index (χ0v) is 6.22. The fourth-order valence-corrected chi connectivity index (χ4v) is 0.236. The van der Waals surface area contributed by atoms with Crippen LogP contribution in [0.2, 0.25) is 0 Å². The molecule has 0 aliphatic carbocycles. The monoisotopic (exact) mass is 125 g/mol. The molecule has 0 saturated carbocycles. The summed E-state index contributed by atoms with van der Waals surface area (Å²) < 4.78 is 0. The lowest BCUT2D eigenvalue weighted by Crippen LogP contribution is -1.43. The standard InChI is InChI=1S/C5H10.C3H5N/c1-3-5-4-2;1-2-3-4/h3,5H,4H2,1-2H3;2-4H,1H2/b5-3+;. The van der Waals surface area contributed by atoms with Gasteiger partial charge in [-0.25, -0.2) is 0 Å². The van der Waals surface area contributed by atoms with Gasteiger partial charge in [-0.2, -0.15) is 0 Å². The molecule has 1 heteroatoms. The van der Waals surface area contributed by atoms with Crippen LogP contribution in [0.1, 0.15) is 20.3 Å². The average Bonchev–Trinajstić information content (AvgIpc) is 1.91. The molecule has 1 N–H and O–H groups in total. The van der Waals surface area contributed by atoms with Gasteiger partial charge in [0.05, 0.1) is 0 Å². The quantitative estimate of drug-likeness (QED) is 0.433. The molecule has 9 heavy (non-hydrogen) atoms. The van der Waals surface area contributed by atoms with E-state index in [-0.39, 0.29) is 0 Å². The van der Waals surface area contributed by atoms with Gasteiger partial charge < -0.3 is 5.41 Å². The fourth-order valence-electron chi connectivity index (χ4n) is 0.236. The van der Waals surface area contributed by atoms with Crippen molar-refractivity contribution >= 4 is 6.21 Å². The van der Waals surface area contributed by atoms with Crippen LogP contribution in [0.5, 0.6) is 0 Å². The van der Waals surface area contributed by atoms with Gasteiger partial charge in [0.2, 0.25) is 0 Å². The Morgan fingerprint density at radius 3 is 2.00 bits per heavy atom. The average molecular weight is 125 g/mol. The highest BCUT2D eigenvalue weighted by Crippen LogP contribution is 1.73. The molecule has 0 aliphatic rings. The highest BCUT2D eigenvalue weighted by molar-refractivity contribution is 5.66. The lowest BCUT2D eigenvalue weighted by molar-refractivity contribution is 1.22. The zero-order chi connectivity index (χ0) is 7.54. The Labute approximate surface area is 57.6 Å². The van der Waals surface area contributed by atoms with E-state index in [2.05, 4.69) is 25.7 Å². The van der Waals surface area contributed by atoms with E-state index in [0.717, 1.165) is 12.6 Å². The van der Waals surface area contributed by atoms with Gasteiger partial charge in [0, 0.05) is 6.21 Å². The summed E-state index contributed by atoms with van der Waals surface area (Å²) in [6.45, 7) is 7.39. The second-order valence-electron chi connectivity index (χ2n) is 1.38. The first-order valence-corrected chi connectivity index (χ1v) is 3.06. The van der Waals surface area contributed by atoms with Crippen molar-refractivity contribution in [2.75, 3.05) is 0 Å². The summed E-state index contributed by atoms with van der Waals surface area (Å²) in [5.74, 6) is 0. The second-order valence-corrected chi connectivity index (χ2v) is 1.38. The molecule has 0 radical (unpaired) electrons. The lowest BCUT2D eigenvalue weighted by Gasteiger charge is -1.65. The third-order valence-electron chi connectivity index (χ3n) is 0.589. The van der Waals surface area contributed by atoms with Gasteiger partial charge >= 0.3 is 0 Å². The molecule has 52 valence electrons. The molecular weight excluding hydrogens is 110 g/mol. The van der Waals surface area contributed by atoms with Gasteiger partial charge in [0.1, 0.15) is 0 Å². The smallest absolute Gasteiger partial charge is 0.0171 e. The first-order chi connectivity index (χ1) is 4.33. The predicted molar refractivity (Wildman–Crippen MR) is 44.1 cm³/mol. The van der Waals surface area contributed by atoms with Crippen LogP contribution in [0.3, 0.4) is 0 Å². The lowest BCUT2D eigenvalue weighted by atomic mass is 10.4. The number of hydrogen-bond acceptors (Lipinski definition) is 1. The van der Waals surface area contributed by atoms with Crippen LogP contribution in [0, 0.1) is 5.41 Å². The van der Waals surface area contributed by atoms with E-state index in [1.54, 1.807) is 0 Å². The first-order valence-electron chi connectivity index (χ1n) is 3.06. The van der Waals surface area contributed by atoms with Gasteiger partial charge in [-0.05, 0) is 13.3 Å². The van der Waals surface area contributed by atoms with Crippen molar-refractivity contribution in [1.29, 1.82) is 5.41 Å². The van der Waals surface area contributed by atoms with E-state index in [1.807, 2.05) is 6.92 Å². The van der Waals surface area contributed by atoms with E-state index in [4.69, 9.17) is 5.41 Å². The maximum Gasteiger partial charge on any atom is 0.0171 e. The van der Waals surface area contributed by atoms with Crippen molar-refractivity contribution in [3.8, 4) is 0 Å². The van der Waals surface area contributed by atoms with Crippen molar-refractivity contribution < 1.29 is 0 Å². The summed E-state index contributed by atoms with van der Waals surface area (Å²) in [5.41, 5.74) is 0. The Kier molecular flexibility index (Phi) is 19.2. The molecule has 0 aromatic rings. The fraction of sp³-hybridized carbons (Fsp3) is 0.375. The molecule has 0 heterocycles. The van der Waals surface area contributed by atoms with Crippen molar-refractivity contribution in [3.05, 3.63) is 24.8 Å². The van der Waals surface area contributed by atoms with E-state index >= 15 is 0 Å². The second kappa shape index (κ2) is 15.7. The highest BCUT2D eigenvalue weighted by atomic mass is 14.3. The van der Waals surface area contributed by atoms with E-state index < -0.39 is 0 Å². The molecule has 0 fully saturated rings. The van der Waals surface area contributed by atoms with Crippen molar-refractivity contribution in [2.24, 2.45) is 0 Å². The van der Waals surface area contributed by atoms with Gasteiger partial charge in [-0.15, -0.1) is 0 Å². The molecular formula is C8H15N. The first kappa shape index (κ1) is 11.0. The normalized spacial score (nSPS) is 7.78. The van der Waals surface area contributed by atoms with E-state index in [1.165, 1.54) is 6.08 Å². The predicted octanol–water partition coefficient (Wildman–Crippen LogP) is 2.79. The van der Waals surface area contributed by atoms with E-state index in [0.29, 0.717) is 0 Å². The third-order valence-corrected chi connectivity index (χ3v) is 0.589. The minimum Gasteiger partial charge on any atom is -0.309 e. The minimum absolute atomic E-state index is 1.14. The van der Waals surface area contributed by atoms with Crippen LogP contribution in [0.25, 0.3) is 0 Å².